The molecule has 8 heteroatoms. The summed E-state index contributed by atoms with van der Waals surface area (Å²) in [6.45, 7) is 4.38. The van der Waals surface area contributed by atoms with Gasteiger partial charge in [0.05, 0.1) is 5.25 Å². The summed E-state index contributed by atoms with van der Waals surface area (Å²) in [5.74, 6) is 1.02. The molecular formula is C27H27FN4O2S. The van der Waals surface area contributed by atoms with E-state index in [4.69, 9.17) is 4.74 Å². The quantitative estimate of drug-likeness (QED) is 0.293. The number of halogens is 1. The molecule has 6 nitrogen and oxygen atoms in total. The predicted molar refractivity (Wildman–Crippen MR) is 135 cm³/mol. The Kier molecular flexibility index (Phi) is 7.82. The van der Waals surface area contributed by atoms with E-state index in [0.29, 0.717) is 17.5 Å². The molecule has 0 bridgehead atoms. The minimum absolute atomic E-state index is 0.0837. The Morgan fingerprint density at radius 3 is 2.54 bits per heavy atom. The van der Waals surface area contributed by atoms with Gasteiger partial charge in [-0.05, 0) is 55.3 Å². The number of para-hydroxylation sites is 2. The number of thioether (sulfide) groups is 1. The Labute approximate surface area is 208 Å². The molecule has 1 atom stereocenters. The van der Waals surface area contributed by atoms with Crippen molar-refractivity contribution in [3.05, 3.63) is 102 Å². The Morgan fingerprint density at radius 1 is 1.06 bits per heavy atom. The van der Waals surface area contributed by atoms with Crippen molar-refractivity contribution in [2.24, 2.45) is 0 Å². The zero-order valence-corrected chi connectivity index (χ0v) is 20.7. The monoisotopic (exact) mass is 490 g/mol. The number of carbonyl (C=O) groups is 1. The van der Waals surface area contributed by atoms with E-state index in [1.165, 1.54) is 23.9 Å². The normalized spacial score (nSPS) is 11.8. The van der Waals surface area contributed by atoms with Crippen molar-refractivity contribution < 1.29 is 13.9 Å². The molecule has 1 unspecified atom stereocenters. The molecule has 0 radical (unpaired) electrons. The van der Waals surface area contributed by atoms with Crippen LogP contribution in [0.1, 0.15) is 23.9 Å². The van der Waals surface area contributed by atoms with Gasteiger partial charge in [-0.1, -0.05) is 60.3 Å². The van der Waals surface area contributed by atoms with Crippen LogP contribution in [-0.4, -0.2) is 37.9 Å². The highest BCUT2D eigenvalue weighted by molar-refractivity contribution is 8.00. The van der Waals surface area contributed by atoms with E-state index in [0.717, 1.165) is 22.6 Å². The highest BCUT2D eigenvalue weighted by Gasteiger charge is 2.24. The number of benzene rings is 3. The first kappa shape index (κ1) is 24.5. The summed E-state index contributed by atoms with van der Waals surface area (Å²) in [6.07, 6.45) is 0. The van der Waals surface area contributed by atoms with E-state index in [-0.39, 0.29) is 18.3 Å². The summed E-state index contributed by atoms with van der Waals surface area (Å²) in [6, 6.07) is 23.8. The van der Waals surface area contributed by atoms with Crippen LogP contribution in [0.4, 0.5) is 4.39 Å². The van der Waals surface area contributed by atoms with E-state index in [1.54, 1.807) is 24.1 Å². The van der Waals surface area contributed by atoms with E-state index in [2.05, 4.69) is 10.2 Å². The number of aromatic nitrogens is 3. The molecule has 0 aliphatic rings. The summed E-state index contributed by atoms with van der Waals surface area (Å²) in [5, 5.41) is 8.92. The van der Waals surface area contributed by atoms with Gasteiger partial charge >= 0.3 is 0 Å². The number of hydrogen-bond acceptors (Lipinski definition) is 5. The van der Waals surface area contributed by atoms with Crippen LogP contribution in [0.15, 0.2) is 84.0 Å². The maximum atomic E-state index is 13.5. The van der Waals surface area contributed by atoms with Crippen molar-refractivity contribution in [2.45, 2.75) is 37.4 Å². The van der Waals surface area contributed by atoms with Gasteiger partial charge in [-0.25, -0.2) is 4.39 Å². The van der Waals surface area contributed by atoms with Gasteiger partial charge < -0.3 is 9.64 Å². The average molecular weight is 491 g/mol. The Hall–Kier alpha value is -3.65. The highest BCUT2D eigenvalue weighted by Crippen LogP contribution is 2.28. The highest BCUT2D eigenvalue weighted by atomic mass is 32.2. The lowest BCUT2D eigenvalue weighted by molar-refractivity contribution is -0.129. The fourth-order valence-electron chi connectivity index (χ4n) is 3.67. The number of nitrogens with zero attached hydrogens (tertiary/aromatic N) is 4. The molecular weight excluding hydrogens is 463 g/mol. The number of hydrogen-bond donors (Lipinski definition) is 0. The molecule has 3 aromatic carbocycles. The molecule has 1 amide bonds. The second kappa shape index (κ2) is 11.2. The first-order valence-electron chi connectivity index (χ1n) is 11.3. The molecule has 0 aliphatic carbocycles. The average Bonchev–Trinajstić information content (AvgIpc) is 3.25. The lowest BCUT2D eigenvalue weighted by atomic mass is 10.2. The summed E-state index contributed by atoms with van der Waals surface area (Å²) >= 11 is 1.33. The summed E-state index contributed by atoms with van der Waals surface area (Å²) < 4.78 is 21.5. The van der Waals surface area contributed by atoms with Crippen molar-refractivity contribution in [1.29, 1.82) is 0 Å². The van der Waals surface area contributed by atoms with Gasteiger partial charge in [-0.2, -0.15) is 0 Å². The van der Waals surface area contributed by atoms with Gasteiger partial charge in [0, 0.05) is 19.3 Å². The minimum atomic E-state index is -0.426. The summed E-state index contributed by atoms with van der Waals surface area (Å²) in [5.41, 5.74) is 2.66. The molecule has 0 N–H and O–H groups in total. The van der Waals surface area contributed by atoms with Crippen LogP contribution in [0.5, 0.6) is 5.75 Å². The van der Waals surface area contributed by atoms with Crippen LogP contribution >= 0.6 is 11.8 Å². The van der Waals surface area contributed by atoms with Crippen molar-refractivity contribution >= 4 is 17.7 Å². The first-order chi connectivity index (χ1) is 16.9. The van der Waals surface area contributed by atoms with Crippen LogP contribution < -0.4 is 4.74 Å². The minimum Gasteiger partial charge on any atom is -0.485 e. The molecule has 4 aromatic rings. The van der Waals surface area contributed by atoms with Gasteiger partial charge in [0.1, 0.15) is 18.2 Å². The first-order valence-corrected chi connectivity index (χ1v) is 12.1. The molecule has 0 spiro atoms. The molecule has 4 rings (SSSR count). The lowest BCUT2D eigenvalue weighted by Gasteiger charge is -2.21. The van der Waals surface area contributed by atoms with Crippen LogP contribution in [0.25, 0.3) is 5.69 Å². The molecule has 0 saturated heterocycles. The molecule has 0 aliphatic heterocycles. The lowest BCUT2D eigenvalue weighted by Crippen LogP contribution is -2.33. The van der Waals surface area contributed by atoms with Gasteiger partial charge in [0.15, 0.2) is 11.0 Å². The molecule has 180 valence electrons. The number of aryl methyl sites for hydroxylation is 1. The van der Waals surface area contributed by atoms with Crippen LogP contribution in [0.3, 0.4) is 0 Å². The summed E-state index contributed by atoms with van der Waals surface area (Å²) in [7, 11) is 1.72. The third-order valence-corrected chi connectivity index (χ3v) is 6.51. The van der Waals surface area contributed by atoms with E-state index in [9.17, 15) is 9.18 Å². The van der Waals surface area contributed by atoms with Crippen molar-refractivity contribution in [2.75, 3.05) is 7.05 Å². The Morgan fingerprint density at radius 2 is 1.80 bits per heavy atom. The topological polar surface area (TPSA) is 60.3 Å². The second-order valence-electron chi connectivity index (χ2n) is 8.21. The zero-order valence-electron chi connectivity index (χ0n) is 19.9. The number of rotatable bonds is 9. The molecule has 0 saturated carbocycles. The van der Waals surface area contributed by atoms with Crippen molar-refractivity contribution in [1.82, 2.24) is 19.7 Å². The molecule has 1 aromatic heterocycles. The van der Waals surface area contributed by atoms with Crippen LogP contribution in [0, 0.1) is 12.7 Å². The SMILES string of the molecule is Cc1ccccc1OCc1nnc(SC(C)C(=O)N(C)Cc2cccc(F)c2)n1-c1ccccc1. The second-order valence-corrected chi connectivity index (χ2v) is 9.52. The Balaban J connectivity index is 1.52. The molecule has 35 heavy (non-hydrogen) atoms. The maximum Gasteiger partial charge on any atom is 0.235 e. The fourth-order valence-corrected chi connectivity index (χ4v) is 4.67. The fraction of sp³-hybridized carbons (Fsp3) is 0.222. The van der Waals surface area contributed by atoms with E-state index >= 15 is 0 Å². The molecule has 1 heterocycles. The zero-order chi connectivity index (χ0) is 24.8. The maximum absolute atomic E-state index is 13.5. The Bertz CT molecular complexity index is 1300. The largest absolute Gasteiger partial charge is 0.485 e. The van der Waals surface area contributed by atoms with Gasteiger partial charge in [-0.3, -0.25) is 9.36 Å². The smallest absolute Gasteiger partial charge is 0.235 e. The number of carbonyl (C=O) groups excluding carboxylic acids is 1. The van der Waals surface area contributed by atoms with Gasteiger partial charge in [-0.15, -0.1) is 10.2 Å². The van der Waals surface area contributed by atoms with Crippen molar-refractivity contribution in [3.8, 4) is 11.4 Å². The third kappa shape index (κ3) is 6.08. The van der Waals surface area contributed by atoms with E-state index < -0.39 is 5.25 Å². The number of amides is 1. The van der Waals surface area contributed by atoms with Crippen molar-refractivity contribution in [3.63, 3.8) is 0 Å². The standard InChI is InChI=1S/C27H27FN4O2S/c1-19-10-7-8-15-24(19)34-18-25-29-30-27(32(25)23-13-5-4-6-14-23)35-20(2)26(33)31(3)17-21-11-9-12-22(28)16-21/h4-16,20H,17-18H2,1-3H3. The third-order valence-electron chi connectivity index (χ3n) is 5.48. The molecule has 0 fully saturated rings. The predicted octanol–water partition coefficient (Wildman–Crippen LogP) is 5.43. The number of ether oxygens (including phenoxy) is 1. The van der Waals surface area contributed by atoms with Gasteiger partial charge in [0.25, 0.3) is 0 Å². The summed E-state index contributed by atoms with van der Waals surface area (Å²) in [4.78, 5) is 14.7. The van der Waals surface area contributed by atoms with Gasteiger partial charge in [0.2, 0.25) is 5.91 Å². The van der Waals surface area contributed by atoms with E-state index in [1.807, 2.05) is 73.0 Å². The van der Waals surface area contributed by atoms with Crippen LogP contribution in [0.2, 0.25) is 0 Å². The van der Waals surface area contributed by atoms with Crippen LogP contribution in [-0.2, 0) is 17.9 Å².